The molecule has 2 aromatic heterocycles. The zero-order chi connectivity index (χ0) is 15.7. The molecule has 0 aliphatic carbocycles. The normalized spacial score (nSPS) is 11.7. The molecule has 0 aliphatic rings. The van der Waals surface area contributed by atoms with Gasteiger partial charge in [-0.15, -0.1) is 0 Å². The molecule has 0 aliphatic heterocycles. The predicted octanol–water partition coefficient (Wildman–Crippen LogP) is 0.0839. The predicted molar refractivity (Wildman–Crippen MR) is 82.7 cm³/mol. The number of imidazole rings is 1. The first-order chi connectivity index (χ1) is 9.84. The molecule has 0 unspecified atom stereocenters. The summed E-state index contributed by atoms with van der Waals surface area (Å²) in [6, 6.07) is 0. The lowest BCUT2D eigenvalue weighted by Gasteiger charge is -2.10. The second-order valence-corrected chi connectivity index (χ2v) is 5.70. The van der Waals surface area contributed by atoms with Crippen molar-refractivity contribution in [1.29, 1.82) is 0 Å². The monoisotopic (exact) mass is 293 g/mol. The lowest BCUT2D eigenvalue weighted by Crippen LogP contribution is -2.37. The largest absolute Gasteiger partial charge is 0.332 e. The van der Waals surface area contributed by atoms with Gasteiger partial charge in [0.15, 0.2) is 11.2 Å². The van der Waals surface area contributed by atoms with Crippen molar-refractivity contribution in [3.8, 4) is 0 Å². The van der Waals surface area contributed by atoms with Crippen molar-refractivity contribution in [2.45, 2.75) is 26.3 Å². The van der Waals surface area contributed by atoms with E-state index in [0.29, 0.717) is 11.2 Å². The highest BCUT2D eigenvalue weighted by Gasteiger charge is 2.16. The molecule has 21 heavy (non-hydrogen) atoms. The van der Waals surface area contributed by atoms with Crippen LogP contribution >= 0.6 is 0 Å². The Labute approximate surface area is 123 Å². The van der Waals surface area contributed by atoms with E-state index in [1.807, 2.05) is 25.6 Å². The van der Waals surface area contributed by atoms with E-state index >= 15 is 0 Å². The molecule has 2 rings (SSSR count). The van der Waals surface area contributed by atoms with Crippen LogP contribution in [0.25, 0.3) is 11.2 Å². The minimum atomic E-state index is -0.343. The van der Waals surface area contributed by atoms with Gasteiger partial charge in [-0.3, -0.25) is 13.9 Å². The average Bonchev–Trinajstić information content (AvgIpc) is 2.76. The van der Waals surface area contributed by atoms with E-state index in [-0.39, 0.29) is 11.2 Å². The maximum absolute atomic E-state index is 12.4. The molecule has 0 aromatic carbocycles. The van der Waals surface area contributed by atoms with Crippen LogP contribution in [0.4, 0.5) is 0 Å². The third-order valence-electron chi connectivity index (χ3n) is 3.78. The maximum Gasteiger partial charge on any atom is 0.332 e. The highest BCUT2D eigenvalue weighted by Crippen LogP contribution is 2.11. The minimum absolute atomic E-state index is 0.277. The van der Waals surface area contributed by atoms with E-state index in [1.165, 1.54) is 11.6 Å². The summed E-state index contributed by atoms with van der Waals surface area (Å²) < 4.78 is 4.49. The number of unbranched alkanes of at least 4 members (excludes halogenated alkanes) is 1. The molecule has 7 heteroatoms. The summed E-state index contributed by atoms with van der Waals surface area (Å²) in [5, 5.41) is 0. The minimum Gasteiger partial charge on any atom is -0.322 e. The van der Waals surface area contributed by atoms with Crippen molar-refractivity contribution < 1.29 is 0 Å². The molecule has 2 aromatic rings. The fraction of sp³-hybridized carbons (Fsp3) is 0.643. The summed E-state index contributed by atoms with van der Waals surface area (Å²) in [4.78, 5) is 30.8. The Hall–Kier alpha value is -1.89. The van der Waals surface area contributed by atoms with Gasteiger partial charge in [0.05, 0.1) is 0 Å². The van der Waals surface area contributed by atoms with Gasteiger partial charge in [-0.25, -0.2) is 9.78 Å². The van der Waals surface area contributed by atoms with Crippen molar-refractivity contribution in [1.82, 2.24) is 23.6 Å². The summed E-state index contributed by atoms with van der Waals surface area (Å²) in [5.41, 5.74) is 0.362. The van der Waals surface area contributed by atoms with Gasteiger partial charge < -0.3 is 9.47 Å². The fourth-order valence-corrected chi connectivity index (χ4v) is 2.53. The molecule has 0 atom stereocenters. The molecule has 0 saturated heterocycles. The average molecular weight is 293 g/mol. The van der Waals surface area contributed by atoms with Crippen LogP contribution in [0.5, 0.6) is 0 Å². The summed E-state index contributed by atoms with van der Waals surface area (Å²) in [6.07, 6.45) is 2.02. The fourth-order valence-electron chi connectivity index (χ4n) is 2.53. The summed E-state index contributed by atoms with van der Waals surface area (Å²) in [7, 11) is 7.24. The topological polar surface area (TPSA) is 65.1 Å². The highest BCUT2D eigenvalue weighted by molar-refractivity contribution is 5.70. The lowest BCUT2D eigenvalue weighted by molar-refractivity contribution is 0.388. The van der Waals surface area contributed by atoms with E-state index in [0.717, 1.165) is 36.3 Å². The molecule has 0 N–H and O–H groups in total. The summed E-state index contributed by atoms with van der Waals surface area (Å²) in [6.45, 7) is 3.63. The van der Waals surface area contributed by atoms with Crippen LogP contribution in [0.1, 0.15) is 18.7 Å². The maximum atomic E-state index is 12.4. The first-order valence-corrected chi connectivity index (χ1v) is 7.12. The molecule has 0 radical (unpaired) electrons. The smallest absolute Gasteiger partial charge is 0.322 e. The number of nitrogens with zero attached hydrogens (tertiary/aromatic N) is 5. The van der Waals surface area contributed by atoms with Gasteiger partial charge in [0, 0.05) is 20.6 Å². The molecule has 0 spiro atoms. The molecule has 0 bridgehead atoms. The molecule has 2 heterocycles. The molecule has 0 amide bonds. The van der Waals surface area contributed by atoms with Gasteiger partial charge in [0.1, 0.15) is 5.82 Å². The van der Waals surface area contributed by atoms with Crippen LogP contribution in [0.2, 0.25) is 0 Å². The molecule has 7 nitrogen and oxygen atoms in total. The number of fused-ring (bicyclic) bond motifs is 1. The van der Waals surface area contributed by atoms with Crippen LogP contribution < -0.4 is 11.2 Å². The van der Waals surface area contributed by atoms with Gasteiger partial charge in [-0.05, 0) is 40.4 Å². The quantitative estimate of drug-likeness (QED) is 0.733. The van der Waals surface area contributed by atoms with Gasteiger partial charge in [-0.2, -0.15) is 0 Å². The second-order valence-electron chi connectivity index (χ2n) is 5.70. The zero-order valence-corrected chi connectivity index (χ0v) is 13.4. The number of rotatable bonds is 5. The van der Waals surface area contributed by atoms with Gasteiger partial charge in [0.25, 0.3) is 5.56 Å². The Morgan fingerprint density at radius 1 is 1.10 bits per heavy atom. The van der Waals surface area contributed by atoms with E-state index in [1.54, 1.807) is 7.05 Å². The van der Waals surface area contributed by atoms with E-state index < -0.39 is 0 Å². The van der Waals surface area contributed by atoms with Crippen molar-refractivity contribution in [3.63, 3.8) is 0 Å². The number of aromatic nitrogens is 4. The lowest BCUT2D eigenvalue weighted by atomic mass is 10.3. The van der Waals surface area contributed by atoms with E-state index in [9.17, 15) is 9.59 Å². The Bertz CT molecular complexity index is 766. The van der Waals surface area contributed by atoms with Crippen molar-refractivity contribution in [2.24, 2.45) is 14.1 Å². The van der Waals surface area contributed by atoms with Gasteiger partial charge in [-0.1, -0.05) is 0 Å². The van der Waals surface area contributed by atoms with Gasteiger partial charge in [0.2, 0.25) is 0 Å². The first-order valence-electron chi connectivity index (χ1n) is 7.12. The Morgan fingerprint density at radius 2 is 1.76 bits per heavy atom. The highest BCUT2D eigenvalue weighted by atomic mass is 16.2. The Balaban J connectivity index is 2.43. The van der Waals surface area contributed by atoms with Crippen LogP contribution in [-0.4, -0.2) is 44.2 Å². The molecular weight excluding hydrogens is 270 g/mol. The van der Waals surface area contributed by atoms with Crippen molar-refractivity contribution >= 4 is 11.2 Å². The van der Waals surface area contributed by atoms with Crippen LogP contribution in [0.3, 0.4) is 0 Å². The number of aryl methyl sites for hydroxylation is 3. The van der Waals surface area contributed by atoms with Crippen molar-refractivity contribution in [3.05, 3.63) is 26.7 Å². The second kappa shape index (κ2) is 5.85. The van der Waals surface area contributed by atoms with E-state index in [4.69, 9.17) is 0 Å². The zero-order valence-electron chi connectivity index (χ0n) is 13.4. The molecule has 116 valence electrons. The van der Waals surface area contributed by atoms with E-state index in [2.05, 4.69) is 9.88 Å². The third kappa shape index (κ3) is 2.78. The van der Waals surface area contributed by atoms with Crippen LogP contribution in [0.15, 0.2) is 9.59 Å². The molecule has 0 saturated carbocycles. The van der Waals surface area contributed by atoms with Gasteiger partial charge >= 0.3 is 5.69 Å². The van der Waals surface area contributed by atoms with Crippen molar-refractivity contribution in [2.75, 3.05) is 20.6 Å². The SMILES string of the molecule is Cc1nc2c(c(=O)n(C)c(=O)n2C)n1CCCCN(C)C. The third-order valence-corrected chi connectivity index (χ3v) is 3.78. The first kappa shape index (κ1) is 15.5. The number of hydrogen-bond donors (Lipinski definition) is 0. The Morgan fingerprint density at radius 3 is 2.38 bits per heavy atom. The molecule has 0 fully saturated rings. The van der Waals surface area contributed by atoms with Crippen LogP contribution in [-0.2, 0) is 20.6 Å². The Kier molecular flexibility index (Phi) is 4.32. The molecular formula is C14H23N5O2. The summed E-state index contributed by atoms with van der Waals surface area (Å²) in [5.74, 6) is 0.771. The number of hydrogen-bond acceptors (Lipinski definition) is 4. The standard InChI is InChI=1S/C14H23N5O2/c1-10-15-12-11(13(20)18(5)14(21)17(12)4)19(10)9-7-6-8-16(2)3/h6-9H2,1-5H3. The van der Waals surface area contributed by atoms with Crippen LogP contribution in [0, 0.1) is 6.92 Å². The summed E-state index contributed by atoms with van der Waals surface area (Å²) >= 11 is 0.